The first-order chi connectivity index (χ1) is 31.8. The summed E-state index contributed by atoms with van der Waals surface area (Å²) in [5, 5.41) is 13.1. The van der Waals surface area contributed by atoms with E-state index in [9.17, 15) is 0 Å². The van der Waals surface area contributed by atoms with Crippen LogP contribution in [0.2, 0.25) is 0 Å². The minimum atomic E-state index is -2.64. The minimum Gasteiger partial charge on any atom is -0.309 e. The molecule has 0 unspecified atom stereocenters. The van der Waals surface area contributed by atoms with Crippen LogP contribution in [0.25, 0.3) is 86.3 Å². The zero-order chi connectivity index (χ0) is 42.2. The molecule has 0 amide bonds. The van der Waals surface area contributed by atoms with Gasteiger partial charge in [0.25, 0.3) is 0 Å². The van der Waals surface area contributed by atoms with Crippen LogP contribution in [0.4, 0.5) is 0 Å². The topological polar surface area (TPSA) is 9.86 Å². The van der Waals surface area contributed by atoms with Crippen molar-refractivity contribution in [3.05, 3.63) is 243 Å². The van der Waals surface area contributed by atoms with E-state index in [1.54, 1.807) is 0 Å². The quantitative estimate of drug-likeness (QED) is 0.112. The third-order valence-electron chi connectivity index (χ3n) is 13.5. The average Bonchev–Trinajstić information content (AvgIpc) is 4.03. The number of hydrogen-bond donors (Lipinski definition) is 0. The molecule has 300 valence electrons. The largest absolute Gasteiger partial charge is 0.309 e. The van der Waals surface area contributed by atoms with E-state index in [1.807, 2.05) is 11.3 Å². The zero-order valence-electron chi connectivity index (χ0n) is 34.9. The molecule has 4 heteroatoms. The first kappa shape index (κ1) is 36.9. The summed E-state index contributed by atoms with van der Waals surface area (Å²) >= 11 is 1.90. The van der Waals surface area contributed by atoms with Gasteiger partial charge in [-0.25, -0.2) is 0 Å². The monoisotopic (exact) mass is 848 g/mol. The second kappa shape index (κ2) is 14.7. The van der Waals surface area contributed by atoms with E-state index in [4.69, 9.17) is 0 Å². The summed E-state index contributed by atoms with van der Waals surface area (Å²) < 4.78 is 7.50. The lowest BCUT2D eigenvalue weighted by Crippen LogP contribution is -2.74. The number of hydrogen-bond acceptors (Lipinski definition) is 1. The Hall–Kier alpha value is -7.76. The number of para-hydroxylation sites is 3. The highest BCUT2D eigenvalue weighted by molar-refractivity contribution is 7.26. The predicted molar refractivity (Wildman–Crippen MR) is 277 cm³/mol. The summed E-state index contributed by atoms with van der Waals surface area (Å²) in [4.78, 5) is 0. The number of benzene rings is 10. The molecule has 0 aliphatic heterocycles. The van der Waals surface area contributed by atoms with Gasteiger partial charge >= 0.3 is 0 Å². The molecule has 0 fully saturated rings. The molecule has 3 aromatic heterocycles. The van der Waals surface area contributed by atoms with E-state index >= 15 is 0 Å². The van der Waals surface area contributed by atoms with Crippen LogP contribution in [-0.2, 0) is 0 Å². The first-order valence-corrected chi connectivity index (χ1v) is 24.8. The lowest BCUT2D eigenvalue weighted by molar-refractivity contribution is 1.17. The summed E-state index contributed by atoms with van der Waals surface area (Å²) in [6.45, 7) is 0. The van der Waals surface area contributed by atoms with Crippen molar-refractivity contribution >= 4 is 104 Å². The van der Waals surface area contributed by atoms with Gasteiger partial charge in [-0.1, -0.05) is 194 Å². The Morgan fingerprint density at radius 2 is 0.797 bits per heavy atom. The molecule has 0 radical (unpaired) electrons. The van der Waals surface area contributed by atoms with Gasteiger partial charge in [0.15, 0.2) is 8.07 Å². The van der Waals surface area contributed by atoms with Crippen molar-refractivity contribution in [2.75, 3.05) is 0 Å². The summed E-state index contributed by atoms with van der Waals surface area (Å²) in [7, 11) is -2.64. The number of thiophene rings is 1. The molecule has 64 heavy (non-hydrogen) atoms. The van der Waals surface area contributed by atoms with Gasteiger partial charge in [0.2, 0.25) is 0 Å². The van der Waals surface area contributed by atoms with Crippen LogP contribution in [0.5, 0.6) is 0 Å². The SMILES string of the molecule is c1ccc([Si](c2ccccc2)(c2ccccc2)c2ccc(-c3cccc4sc5c(-n6c7ccccc7c7cc(-n8c9ccccc9c9ccccc98)ccc76)cccc5c34)cc2)cc1. The molecular weight excluding hydrogens is 809 g/mol. The fraction of sp³-hybridized carbons (Fsp3) is 0. The highest BCUT2D eigenvalue weighted by Crippen LogP contribution is 2.44. The Bertz CT molecular complexity index is 3730. The third kappa shape index (κ3) is 5.43. The molecule has 0 atom stereocenters. The van der Waals surface area contributed by atoms with Crippen molar-refractivity contribution in [3.63, 3.8) is 0 Å². The molecule has 0 spiro atoms. The molecule has 0 saturated heterocycles. The van der Waals surface area contributed by atoms with Crippen molar-refractivity contribution < 1.29 is 0 Å². The van der Waals surface area contributed by atoms with Crippen LogP contribution < -0.4 is 20.7 Å². The van der Waals surface area contributed by atoms with Gasteiger partial charge in [-0.2, -0.15) is 0 Å². The Morgan fingerprint density at radius 1 is 0.328 bits per heavy atom. The Balaban J connectivity index is 0.977. The van der Waals surface area contributed by atoms with Gasteiger partial charge in [-0.05, 0) is 80.4 Å². The molecule has 0 N–H and O–H groups in total. The van der Waals surface area contributed by atoms with Crippen LogP contribution >= 0.6 is 11.3 Å². The van der Waals surface area contributed by atoms with Gasteiger partial charge in [0, 0.05) is 42.7 Å². The van der Waals surface area contributed by atoms with Crippen LogP contribution in [0.3, 0.4) is 0 Å². The van der Waals surface area contributed by atoms with Crippen molar-refractivity contribution in [2.45, 2.75) is 0 Å². The second-order valence-electron chi connectivity index (χ2n) is 16.8. The van der Waals surface area contributed by atoms with E-state index in [1.165, 1.54) is 107 Å². The Labute approximate surface area is 376 Å². The lowest BCUT2D eigenvalue weighted by atomic mass is 9.99. The first-order valence-electron chi connectivity index (χ1n) is 22.0. The van der Waals surface area contributed by atoms with Crippen molar-refractivity contribution in [3.8, 4) is 22.5 Å². The maximum atomic E-state index is 2.49. The summed E-state index contributed by atoms with van der Waals surface area (Å²) in [6.07, 6.45) is 0. The van der Waals surface area contributed by atoms with E-state index in [2.05, 4.69) is 252 Å². The Morgan fingerprint density at radius 3 is 1.39 bits per heavy atom. The molecule has 2 nitrogen and oxygen atoms in total. The van der Waals surface area contributed by atoms with Crippen LogP contribution in [-0.4, -0.2) is 17.2 Å². The number of rotatable bonds is 7. The van der Waals surface area contributed by atoms with Crippen molar-refractivity contribution in [1.82, 2.24) is 9.13 Å². The molecule has 3 heterocycles. The predicted octanol–water partition coefficient (Wildman–Crippen LogP) is 13.3. The smallest absolute Gasteiger partial charge is 0.179 e. The molecular formula is C60H40N2SSi. The highest BCUT2D eigenvalue weighted by Gasteiger charge is 2.41. The number of aromatic nitrogens is 2. The molecule has 13 rings (SSSR count). The maximum absolute atomic E-state index is 2.64. The van der Waals surface area contributed by atoms with Gasteiger partial charge in [-0.3, -0.25) is 0 Å². The molecule has 0 aliphatic carbocycles. The van der Waals surface area contributed by atoms with Crippen LogP contribution in [0, 0.1) is 0 Å². The minimum absolute atomic E-state index is 1.17. The van der Waals surface area contributed by atoms with E-state index in [0.717, 1.165) is 0 Å². The van der Waals surface area contributed by atoms with Crippen LogP contribution in [0.15, 0.2) is 243 Å². The standard InChI is InChI=1S/C60H40N2SSi/c1-4-18-43(19-5-1)64(44-20-6-2-7-21-44,45-22-8-3-9-23-45)46-37-34-41(35-38-46)47-27-17-33-58-59(47)51-28-16-32-57(60(51)63-58)62-55-31-15-12-26-50(55)52-40-42(36-39-56(52)62)61-53-29-13-10-24-48(53)49-25-11-14-30-54(49)61/h1-40H. The van der Waals surface area contributed by atoms with Crippen molar-refractivity contribution in [1.29, 1.82) is 0 Å². The van der Waals surface area contributed by atoms with E-state index in [-0.39, 0.29) is 0 Å². The van der Waals surface area contributed by atoms with Gasteiger partial charge in [0.05, 0.1) is 32.5 Å². The fourth-order valence-corrected chi connectivity index (χ4v) is 16.8. The fourth-order valence-electron chi connectivity index (χ4n) is 10.8. The molecule has 0 saturated carbocycles. The maximum Gasteiger partial charge on any atom is 0.179 e. The lowest BCUT2D eigenvalue weighted by Gasteiger charge is -2.34. The highest BCUT2D eigenvalue weighted by atomic mass is 32.1. The van der Waals surface area contributed by atoms with Crippen LogP contribution in [0.1, 0.15) is 0 Å². The van der Waals surface area contributed by atoms with Gasteiger partial charge in [-0.15, -0.1) is 11.3 Å². The third-order valence-corrected chi connectivity index (χ3v) is 19.5. The molecule has 10 aromatic carbocycles. The normalized spacial score (nSPS) is 12.1. The molecule has 0 bridgehead atoms. The summed E-state index contributed by atoms with van der Waals surface area (Å²) in [6, 6.07) is 90.2. The Kier molecular flexibility index (Phi) is 8.45. The number of nitrogens with zero attached hydrogens (tertiary/aromatic N) is 2. The summed E-state index contributed by atoms with van der Waals surface area (Å²) in [5.74, 6) is 0. The zero-order valence-corrected chi connectivity index (χ0v) is 36.7. The second-order valence-corrected chi connectivity index (χ2v) is 21.6. The van der Waals surface area contributed by atoms with Gasteiger partial charge in [0.1, 0.15) is 0 Å². The molecule has 0 aliphatic rings. The van der Waals surface area contributed by atoms with E-state index in [0.29, 0.717) is 0 Å². The summed E-state index contributed by atoms with van der Waals surface area (Å²) in [5.41, 5.74) is 9.72. The average molecular weight is 849 g/mol. The van der Waals surface area contributed by atoms with Crippen molar-refractivity contribution in [2.24, 2.45) is 0 Å². The van der Waals surface area contributed by atoms with Gasteiger partial charge < -0.3 is 9.13 Å². The van der Waals surface area contributed by atoms with E-state index < -0.39 is 8.07 Å². The number of fused-ring (bicyclic) bond motifs is 9. The molecule has 13 aromatic rings.